The summed E-state index contributed by atoms with van der Waals surface area (Å²) in [6.07, 6.45) is 0.858. The number of hydrogen-bond acceptors (Lipinski definition) is 5. The van der Waals surface area contributed by atoms with Crippen molar-refractivity contribution in [2.45, 2.75) is 20.3 Å². The zero-order valence-corrected chi connectivity index (χ0v) is 13.2. The van der Waals surface area contributed by atoms with Crippen LogP contribution in [-0.4, -0.2) is 29.4 Å². The van der Waals surface area contributed by atoms with Crippen molar-refractivity contribution in [3.8, 4) is 17.2 Å². The van der Waals surface area contributed by atoms with E-state index < -0.39 is 5.97 Å². The number of rotatable bonds is 6. The van der Waals surface area contributed by atoms with Gasteiger partial charge in [-0.25, -0.2) is 4.79 Å². The van der Waals surface area contributed by atoms with Crippen LogP contribution in [0.3, 0.4) is 0 Å². The van der Waals surface area contributed by atoms with Gasteiger partial charge in [0, 0.05) is 6.07 Å². The Kier molecular flexibility index (Phi) is 5.46. The molecule has 2 aromatic carbocycles. The highest BCUT2D eigenvalue weighted by atomic mass is 16.6. The first-order chi connectivity index (χ1) is 11.0. The van der Waals surface area contributed by atoms with E-state index >= 15 is 0 Å². The first-order valence-electron chi connectivity index (χ1n) is 7.43. The zero-order chi connectivity index (χ0) is 16.8. The van der Waals surface area contributed by atoms with Crippen molar-refractivity contribution >= 4 is 5.97 Å². The molecule has 0 bridgehead atoms. The lowest BCUT2D eigenvalue weighted by atomic mass is 10.1. The fourth-order valence-corrected chi connectivity index (χ4v) is 2.31. The maximum atomic E-state index is 12.0. The predicted molar refractivity (Wildman–Crippen MR) is 86.1 cm³/mol. The van der Waals surface area contributed by atoms with Crippen molar-refractivity contribution in [1.29, 1.82) is 0 Å². The van der Waals surface area contributed by atoms with Gasteiger partial charge in [0.2, 0.25) is 0 Å². The summed E-state index contributed by atoms with van der Waals surface area (Å²) in [5, 5.41) is 19.1. The van der Waals surface area contributed by atoms with Crippen LogP contribution in [-0.2, 0) is 11.2 Å². The fourth-order valence-electron chi connectivity index (χ4n) is 2.31. The summed E-state index contributed by atoms with van der Waals surface area (Å²) in [4.78, 5) is 12.0. The van der Waals surface area contributed by atoms with Crippen LogP contribution in [0.15, 0.2) is 36.4 Å². The maximum Gasteiger partial charge on any atom is 0.342 e. The molecule has 0 aliphatic heterocycles. The Morgan fingerprint density at radius 1 is 1.13 bits per heavy atom. The highest BCUT2D eigenvalue weighted by molar-refractivity contribution is 5.94. The first kappa shape index (κ1) is 16.7. The second-order valence-electron chi connectivity index (χ2n) is 5.10. The Labute approximate surface area is 135 Å². The van der Waals surface area contributed by atoms with Gasteiger partial charge in [0.15, 0.2) is 0 Å². The summed E-state index contributed by atoms with van der Waals surface area (Å²) in [6.45, 7) is 3.94. The molecule has 0 amide bonds. The van der Waals surface area contributed by atoms with Gasteiger partial charge in [0.25, 0.3) is 0 Å². The quantitative estimate of drug-likeness (QED) is 0.632. The number of para-hydroxylation sites is 1. The van der Waals surface area contributed by atoms with E-state index in [1.54, 1.807) is 6.92 Å². The lowest BCUT2D eigenvalue weighted by molar-refractivity contribution is 0.0446. The molecule has 23 heavy (non-hydrogen) atoms. The number of aryl methyl sites for hydroxylation is 2. The van der Waals surface area contributed by atoms with Gasteiger partial charge in [-0.05, 0) is 36.6 Å². The maximum absolute atomic E-state index is 12.0. The lowest BCUT2D eigenvalue weighted by Crippen LogP contribution is -2.14. The molecule has 0 fully saturated rings. The fraction of sp³-hybridized carbons (Fsp3) is 0.278. The Morgan fingerprint density at radius 2 is 1.87 bits per heavy atom. The van der Waals surface area contributed by atoms with Gasteiger partial charge in [-0.1, -0.05) is 25.1 Å². The third-order valence-electron chi connectivity index (χ3n) is 3.43. The lowest BCUT2D eigenvalue weighted by Gasteiger charge is -2.12. The Morgan fingerprint density at radius 3 is 2.57 bits per heavy atom. The number of benzene rings is 2. The zero-order valence-electron chi connectivity index (χ0n) is 13.2. The number of hydrogen-bond donors (Lipinski definition) is 2. The van der Waals surface area contributed by atoms with Crippen LogP contribution >= 0.6 is 0 Å². The van der Waals surface area contributed by atoms with Crippen molar-refractivity contribution in [2.24, 2.45) is 0 Å². The molecule has 0 unspecified atom stereocenters. The normalized spacial score (nSPS) is 10.3. The molecule has 2 aromatic rings. The van der Waals surface area contributed by atoms with Crippen LogP contribution < -0.4 is 4.74 Å². The molecule has 0 aliphatic rings. The van der Waals surface area contributed by atoms with Crippen LogP contribution in [0.4, 0.5) is 0 Å². The van der Waals surface area contributed by atoms with E-state index in [0.717, 1.165) is 23.8 Å². The van der Waals surface area contributed by atoms with Gasteiger partial charge in [-0.3, -0.25) is 0 Å². The average molecular weight is 316 g/mol. The number of ether oxygens (including phenoxy) is 2. The Bertz CT molecular complexity index is 671. The molecule has 0 atom stereocenters. The molecule has 0 spiro atoms. The summed E-state index contributed by atoms with van der Waals surface area (Å²) >= 11 is 0. The summed E-state index contributed by atoms with van der Waals surface area (Å²) in [5.41, 5.74) is 1.59. The third kappa shape index (κ3) is 4.16. The smallest absolute Gasteiger partial charge is 0.342 e. The number of aromatic hydroxyl groups is 2. The predicted octanol–water partition coefficient (Wildman–Crippen LogP) is 3.20. The summed E-state index contributed by atoms with van der Waals surface area (Å²) in [7, 11) is 0. The first-order valence-corrected chi connectivity index (χ1v) is 7.43. The molecule has 2 N–H and O–H groups in total. The summed E-state index contributed by atoms with van der Waals surface area (Å²) in [6, 6.07) is 10.2. The third-order valence-corrected chi connectivity index (χ3v) is 3.43. The van der Waals surface area contributed by atoms with E-state index in [-0.39, 0.29) is 30.3 Å². The van der Waals surface area contributed by atoms with Gasteiger partial charge < -0.3 is 19.7 Å². The van der Waals surface area contributed by atoms with Crippen LogP contribution in [0.2, 0.25) is 0 Å². The monoisotopic (exact) mass is 316 g/mol. The molecule has 0 aromatic heterocycles. The van der Waals surface area contributed by atoms with E-state index in [1.807, 2.05) is 31.2 Å². The minimum absolute atomic E-state index is 0.0526. The van der Waals surface area contributed by atoms with Gasteiger partial charge in [-0.2, -0.15) is 0 Å². The van der Waals surface area contributed by atoms with Gasteiger partial charge in [0.05, 0.1) is 0 Å². The second-order valence-corrected chi connectivity index (χ2v) is 5.10. The van der Waals surface area contributed by atoms with Crippen molar-refractivity contribution in [2.75, 3.05) is 13.2 Å². The minimum atomic E-state index is -0.646. The van der Waals surface area contributed by atoms with Crippen molar-refractivity contribution in [3.05, 3.63) is 53.1 Å². The van der Waals surface area contributed by atoms with Crippen molar-refractivity contribution < 1.29 is 24.5 Å². The molecule has 0 saturated carbocycles. The van der Waals surface area contributed by atoms with Crippen LogP contribution in [0, 0.1) is 6.92 Å². The second kappa shape index (κ2) is 7.54. The molecule has 0 heterocycles. The summed E-state index contributed by atoms with van der Waals surface area (Å²) in [5.74, 6) is -0.275. The standard InChI is InChI=1S/C18H20O5/c1-3-13-6-4-5-7-16(13)22-8-9-23-18(21)17-12(2)10-14(19)11-15(17)20/h4-7,10-11,19-20H,3,8-9H2,1-2H3. The van der Waals surface area contributed by atoms with Gasteiger partial charge >= 0.3 is 5.97 Å². The molecular weight excluding hydrogens is 296 g/mol. The number of phenols is 2. The molecular formula is C18H20O5. The molecule has 5 heteroatoms. The van der Waals surface area contributed by atoms with Crippen molar-refractivity contribution in [1.82, 2.24) is 0 Å². The van der Waals surface area contributed by atoms with Gasteiger partial charge in [0.1, 0.15) is 36.0 Å². The largest absolute Gasteiger partial charge is 0.508 e. The van der Waals surface area contributed by atoms with E-state index in [4.69, 9.17) is 9.47 Å². The summed E-state index contributed by atoms with van der Waals surface area (Å²) < 4.78 is 10.7. The molecule has 0 aliphatic carbocycles. The van der Waals surface area contributed by atoms with Crippen LogP contribution in [0.1, 0.15) is 28.4 Å². The number of esters is 1. The Balaban J connectivity index is 1.91. The van der Waals surface area contributed by atoms with Crippen LogP contribution in [0.5, 0.6) is 17.2 Å². The van der Waals surface area contributed by atoms with E-state index in [1.165, 1.54) is 6.07 Å². The molecule has 0 radical (unpaired) electrons. The number of phenolic OH excluding ortho intramolecular Hbond substituents is 2. The highest BCUT2D eigenvalue weighted by Gasteiger charge is 2.17. The Hall–Kier alpha value is -2.69. The number of carbonyl (C=O) groups is 1. The number of carbonyl (C=O) groups excluding carboxylic acids is 1. The van der Waals surface area contributed by atoms with E-state index in [9.17, 15) is 15.0 Å². The SMILES string of the molecule is CCc1ccccc1OCCOC(=O)c1c(C)cc(O)cc1O. The minimum Gasteiger partial charge on any atom is -0.508 e. The molecule has 122 valence electrons. The van der Waals surface area contributed by atoms with Crippen molar-refractivity contribution in [3.63, 3.8) is 0 Å². The average Bonchev–Trinajstić information content (AvgIpc) is 2.51. The van der Waals surface area contributed by atoms with Crippen LogP contribution in [0.25, 0.3) is 0 Å². The van der Waals surface area contributed by atoms with Gasteiger partial charge in [-0.15, -0.1) is 0 Å². The highest BCUT2D eigenvalue weighted by Crippen LogP contribution is 2.27. The van der Waals surface area contributed by atoms with E-state index in [2.05, 4.69) is 0 Å². The molecule has 0 saturated heterocycles. The topological polar surface area (TPSA) is 76.0 Å². The van der Waals surface area contributed by atoms with E-state index in [0.29, 0.717) is 5.56 Å². The molecule has 5 nitrogen and oxygen atoms in total. The molecule has 2 rings (SSSR count).